The molecular weight excluding hydrogens is 506 g/mol. The van der Waals surface area contributed by atoms with Crippen molar-refractivity contribution < 1.29 is 0 Å². The molecule has 4 heteroatoms. The van der Waals surface area contributed by atoms with Crippen molar-refractivity contribution in [1.29, 1.82) is 10.5 Å². The summed E-state index contributed by atoms with van der Waals surface area (Å²) in [4.78, 5) is 3.30. The second kappa shape index (κ2) is 9.53. The second-order valence-electron chi connectivity index (χ2n) is 10.6. The number of para-hydroxylation sites is 1. The first kappa shape index (κ1) is 25.6. The molecule has 1 aliphatic heterocycles. The van der Waals surface area contributed by atoms with Crippen molar-refractivity contribution in [3.05, 3.63) is 134 Å². The lowest BCUT2D eigenvalue weighted by atomic mass is 9.65. The first-order valence-corrected chi connectivity index (χ1v) is 14.3. The molecule has 0 fully saturated rings. The van der Waals surface area contributed by atoms with Crippen molar-refractivity contribution in [3.8, 4) is 12.1 Å². The van der Waals surface area contributed by atoms with Crippen LogP contribution in [0.15, 0.2) is 90.0 Å². The Morgan fingerprint density at radius 1 is 0.850 bits per heavy atom. The number of aryl methyl sites for hydroxylation is 3. The summed E-state index contributed by atoms with van der Waals surface area (Å²) in [6.07, 6.45) is 6.06. The molecule has 3 aromatic carbocycles. The van der Waals surface area contributed by atoms with E-state index in [1.807, 2.05) is 12.1 Å². The Balaban J connectivity index is 1.79. The Kier molecular flexibility index (Phi) is 6.10. The smallest absolute Gasteiger partial charge is 0.131 e. The van der Waals surface area contributed by atoms with Crippen LogP contribution in [0.5, 0.6) is 0 Å². The van der Waals surface area contributed by atoms with Gasteiger partial charge in [0.1, 0.15) is 22.7 Å². The van der Waals surface area contributed by atoms with Crippen LogP contribution in [-0.4, -0.2) is 0 Å². The van der Waals surface area contributed by atoms with Crippen LogP contribution in [0.25, 0.3) is 11.6 Å². The number of anilines is 3. The lowest BCUT2D eigenvalue weighted by Crippen LogP contribution is -2.35. The molecule has 0 amide bonds. The summed E-state index contributed by atoms with van der Waals surface area (Å²) in [6.45, 7) is 10.8. The van der Waals surface area contributed by atoms with Crippen LogP contribution in [0.4, 0.5) is 16.4 Å². The number of fused-ring (bicyclic) bond motifs is 6. The highest BCUT2D eigenvalue weighted by Crippen LogP contribution is 2.64. The highest BCUT2D eigenvalue weighted by Gasteiger charge is 2.52. The van der Waals surface area contributed by atoms with Gasteiger partial charge in [-0.1, -0.05) is 72.3 Å². The van der Waals surface area contributed by atoms with E-state index in [0.29, 0.717) is 0 Å². The van der Waals surface area contributed by atoms with E-state index in [9.17, 15) is 10.5 Å². The van der Waals surface area contributed by atoms with E-state index in [0.717, 1.165) is 15.6 Å². The van der Waals surface area contributed by atoms with E-state index >= 15 is 0 Å². The Morgan fingerprint density at radius 2 is 1.50 bits per heavy atom. The van der Waals surface area contributed by atoms with Crippen molar-refractivity contribution in [1.82, 2.24) is 0 Å². The molecule has 0 bridgehead atoms. The zero-order chi connectivity index (χ0) is 28.2. The van der Waals surface area contributed by atoms with Gasteiger partial charge in [0, 0.05) is 10.4 Å². The third kappa shape index (κ3) is 3.47. The van der Waals surface area contributed by atoms with E-state index in [2.05, 4.69) is 118 Å². The Labute approximate surface area is 240 Å². The monoisotopic (exact) mass is 535 g/mol. The largest absolute Gasteiger partial charge is 0.301 e. The fourth-order valence-electron chi connectivity index (χ4n) is 6.85. The maximum Gasteiger partial charge on any atom is 0.131 e. The number of thiophene rings is 1. The molecule has 1 aromatic heterocycles. The van der Waals surface area contributed by atoms with Gasteiger partial charge in [0.05, 0.1) is 16.8 Å². The fourth-order valence-corrected chi connectivity index (χ4v) is 8.03. The third-order valence-corrected chi connectivity index (χ3v) is 9.26. The first-order chi connectivity index (χ1) is 19.4. The van der Waals surface area contributed by atoms with Crippen molar-refractivity contribution in [2.24, 2.45) is 0 Å². The van der Waals surface area contributed by atoms with Crippen LogP contribution in [0.1, 0.15) is 57.7 Å². The number of allylic oxidation sites excluding steroid dienone is 5. The predicted octanol–water partition coefficient (Wildman–Crippen LogP) is 9.58. The SMILES string of the molecule is C/C=C\C1=C(C)C2(c3ccccc31)c1ccccc1N(c1c(C)cc(C)cc1C)c1sc(C=C(C#N)C#N)cc12. The average molecular weight is 536 g/mol. The molecule has 40 heavy (non-hydrogen) atoms. The van der Waals surface area contributed by atoms with Gasteiger partial charge in [-0.15, -0.1) is 11.3 Å². The predicted molar refractivity (Wildman–Crippen MR) is 166 cm³/mol. The lowest BCUT2D eigenvalue weighted by molar-refractivity contribution is 0.734. The maximum atomic E-state index is 9.57. The minimum atomic E-state index is -0.498. The van der Waals surface area contributed by atoms with Crippen LogP contribution in [0.3, 0.4) is 0 Å². The lowest BCUT2D eigenvalue weighted by Gasteiger charge is -2.44. The molecule has 0 N–H and O–H groups in total. The highest BCUT2D eigenvalue weighted by molar-refractivity contribution is 7.17. The summed E-state index contributed by atoms with van der Waals surface area (Å²) in [5, 5.41) is 20.3. The molecule has 0 radical (unpaired) electrons. The third-order valence-electron chi connectivity index (χ3n) is 8.20. The Bertz CT molecular complexity index is 1850. The van der Waals surface area contributed by atoms with Gasteiger partial charge in [-0.05, 0) is 91.8 Å². The molecule has 1 atom stereocenters. The molecule has 1 spiro atoms. The molecule has 1 unspecified atom stereocenters. The van der Waals surface area contributed by atoms with Crippen molar-refractivity contribution in [2.75, 3.05) is 4.90 Å². The minimum absolute atomic E-state index is 0.105. The van der Waals surface area contributed by atoms with Crippen LogP contribution in [0.2, 0.25) is 0 Å². The number of hydrogen-bond donors (Lipinski definition) is 0. The summed E-state index contributed by atoms with van der Waals surface area (Å²) >= 11 is 1.64. The van der Waals surface area contributed by atoms with E-state index in [-0.39, 0.29) is 5.57 Å². The minimum Gasteiger partial charge on any atom is -0.301 e. The molecule has 2 aliphatic rings. The van der Waals surface area contributed by atoms with Crippen molar-refractivity contribution in [2.45, 2.75) is 40.0 Å². The number of benzene rings is 3. The van der Waals surface area contributed by atoms with Crippen LogP contribution in [-0.2, 0) is 5.41 Å². The van der Waals surface area contributed by atoms with E-state index in [4.69, 9.17) is 0 Å². The average Bonchev–Trinajstić information content (AvgIpc) is 3.47. The molecule has 4 aromatic rings. The number of rotatable bonds is 3. The normalized spacial score (nSPS) is 16.9. The Morgan fingerprint density at radius 3 is 2.17 bits per heavy atom. The molecule has 194 valence electrons. The Hall–Kier alpha value is -4.64. The molecule has 2 heterocycles. The molecular formula is C36H29N3S. The van der Waals surface area contributed by atoms with Crippen LogP contribution in [0, 0.1) is 43.4 Å². The van der Waals surface area contributed by atoms with Gasteiger partial charge in [0.25, 0.3) is 0 Å². The summed E-state index contributed by atoms with van der Waals surface area (Å²) in [5.41, 5.74) is 13.0. The summed E-state index contributed by atoms with van der Waals surface area (Å²) in [7, 11) is 0. The highest BCUT2D eigenvalue weighted by atomic mass is 32.1. The van der Waals surface area contributed by atoms with Gasteiger partial charge in [-0.3, -0.25) is 0 Å². The molecule has 3 nitrogen and oxygen atoms in total. The molecule has 0 saturated carbocycles. The van der Waals surface area contributed by atoms with Crippen molar-refractivity contribution >= 4 is 39.4 Å². The molecule has 6 rings (SSSR count). The summed E-state index contributed by atoms with van der Waals surface area (Å²) < 4.78 is 0. The number of nitriles is 2. The zero-order valence-corrected chi connectivity index (χ0v) is 24.1. The number of nitrogens with zero attached hydrogens (tertiary/aromatic N) is 3. The second-order valence-corrected chi connectivity index (χ2v) is 11.6. The summed E-state index contributed by atoms with van der Waals surface area (Å²) in [5.74, 6) is 0. The first-order valence-electron chi connectivity index (χ1n) is 13.4. The molecule has 1 aliphatic carbocycles. The van der Waals surface area contributed by atoms with E-state index in [1.54, 1.807) is 17.4 Å². The van der Waals surface area contributed by atoms with Crippen LogP contribution >= 0.6 is 11.3 Å². The van der Waals surface area contributed by atoms with Crippen molar-refractivity contribution in [3.63, 3.8) is 0 Å². The van der Waals surface area contributed by atoms with E-state index < -0.39 is 5.41 Å². The molecule has 0 saturated heterocycles. The van der Waals surface area contributed by atoms with Gasteiger partial charge >= 0.3 is 0 Å². The van der Waals surface area contributed by atoms with E-state index in [1.165, 1.54) is 55.8 Å². The van der Waals surface area contributed by atoms with Gasteiger partial charge in [0.15, 0.2) is 0 Å². The topological polar surface area (TPSA) is 50.8 Å². The zero-order valence-electron chi connectivity index (χ0n) is 23.3. The fraction of sp³-hybridized carbons (Fsp3) is 0.167. The van der Waals surface area contributed by atoms with Gasteiger partial charge < -0.3 is 4.90 Å². The summed E-state index contributed by atoms with van der Waals surface area (Å²) in [6, 6.07) is 28.3. The van der Waals surface area contributed by atoms with Crippen LogP contribution < -0.4 is 4.90 Å². The maximum absolute atomic E-state index is 9.57. The quantitative estimate of drug-likeness (QED) is 0.245. The van der Waals surface area contributed by atoms with Gasteiger partial charge in [-0.2, -0.15) is 10.5 Å². The number of hydrogen-bond acceptors (Lipinski definition) is 4. The standard InChI is InChI=1S/C36H29N3S/c1-6-11-28-25(5)36(30-13-8-7-12-29(28)30)31-14-9-10-15-33(31)39(34-23(3)16-22(2)17-24(34)4)35-32(36)19-27(40-35)18-26(20-37)21-38/h6-19H,1-5H3/b11-6-. The van der Waals surface area contributed by atoms with Gasteiger partial charge in [0.2, 0.25) is 0 Å². The van der Waals surface area contributed by atoms with Gasteiger partial charge in [-0.25, -0.2) is 0 Å².